The van der Waals surface area contributed by atoms with Gasteiger partial charge < -0.3 is 9.64 Å². The summed E-state index contributed by atoms with van der Waals surface area (Å²) in [5.74, 6) is 0.0158. The van der Waals surface area contributed by atoms with Gasteiger partial charge in [-0.05, 0) is 55.8 Å². The summed E-state index contributed by atoms with van der Waals surface area (Å²) in [4.78, 5) is 18.2. The molecule has 3 rings (SSSR count). The Balaban J connectivity index is 1.61. The second-order valence-electron chi connectivity index (χ2n) is 6.89. The number of carbonyl (C=O) groups is 1. The standard InChI is InChI=1S/C23H24FN3O4S/c1-3-27(4-2)23(28)18-9-11-21(12-10-18)32(29,30)26-16-17-8-13-22(25-15-17)31-20-7-5-6-19(24)14-20/h5-15,26H,3-4,16H2,1-2H3. The molecule has 1 heterocycles. The van der Waals surface area contributed by atoms with Gasteiger partial charge >= 0.3 is 0 Å². The molecule has 3 aromatic rings. The number of amides is 1. The van der Waals surface area contributed by atoms with Gasteiger partial charge in [0.15, 0.2) is 0 Å². The number of benzene rings is 2. The summed E-state index contributed by atoms with van der Waals surface area (Å²) in [5, 5.41) is 0. The van der Waals surface area contributed by atoms with E-state index in [4.69, 9.17) is 4.74 Å². The van der Waals surface area contributed by atoms with Gasteiger partial charge in [0.2, 0.25) is 15.9 Å². The zero-order valence-corrected chi connectivity index (χ0v) is 18.6. The van der Waals surface area contributed by atoms with Crippen LogP contribution in [-0.2, 0) is 16.6 Å². The molecule has 9 heteroatoms. The van der Waals surface area contributed by atoms with Crippen molar-refractivity contribution in [2.24, 2.45) is 0 Å². The molecule has 0 unspecified atom stereocenters. The summed E-state index contributed by atoms with van der Waals surface area (Å²) in [5.41, 5.74) is 1.05. The normalized spacial score (nSPS) is 11.2. The Bertz CT molecular complexity index is 1160. The quantitative estimate of drug-likeness (QED) is 0.525. The molecule has 0 radical (unpaired) electrons. The molecule has 32 heavy (non-hydrogen) atoms. The van der Waals surface area contributed by atoms with Gasteiger partial charge in [-0.1, -0.05) is 12.1 Å². The highest BCUT2D eigenvalue weighted by molar-refractivity contribution is 7.89. The summed E-state index contributed by atoms with van der Waals surface area (Å²) in [6.07, 6.45) is 1.48. The Hall–Kier alpha value is -3.30. The molecule has 0 aliphatic rings. The minimum Gasteiger partial charge on any atom is -0.439 e. The number of nitrogens with one attached hydrogen (secondary N) is 1. The first-order valence-corrected chi connectivity index (χ1v) is 11.6. The molecule has 0 bridgehead atoms. The number of nitrogens with zero attached hydrogens (tertiary/aromatic N) is 2. The lowest BCUT2D eigenvalue weighted by Crippen LogP contribution is -2.30. The molecular formula is C23H24FN3O4S. The van der Waals surface area contributed by atoms with E-state index in [0.29, 0.717) is 30.0 Å². The van der Waals surface area contributed by atoms with Gasteiger partial charge in [0.05, 0.1) is 4.90 Å². The fraction of sp³-hybridized carbons (Fsp3) is 0.217. The molecule has 168 valence electrons. The maximum Gasteiger partial charge on any atom is 0.253 e. The zero-order valence-electron chi connectivity index (χ0n) is 17.8. The second-order valence-corrected chi connectivity index (χ2v) is 8.66. The van der Waals surface area contributed by atoms with Crippen molar-refractivity contribution in [2.75, 3.05) is 13.1 Å². The number of hydrogen-bond acceptors (Lipinski definition) is 5. The van der Waals surface area contributed by atoms with Crippen LogP contribution in [0.25, 0.3) is 0 Å². The highest BCUT2D eigenvalue weighted by Crippen LogP contribution is 2.20. The topological polar surface area (TPSA) is 88.6 Å². The van der Waals surface area contributed by atoms with Crippen LogP contribution in [0.2, 0.25) is 0 Å². The predicted octanol–water partition coefficient (Wildman–Crippen LogP) is 3.97. The first-order chi connectivity index (χ1) is 15.3. The van der Waals surface area contributed by atoms with Crippen LogP contribution in [0.15, 0.2) is 71.8 Å². The van der Waals surface area contributed by atoms with Crippen molar-refractivity contribution < 1.29 is 22.3 Å². The maximum absolute atomic E-state index is 13.2. The third kappa shape index (κ3) is 5.89. The molecule has 1 N–H and O–H groups in total. The lowest BCUT2D eigenvalue weighted by atomic mass is 10.2. The Morgan fingerprint density at radius 2 is 1.78 bits per heavy atom. The lowest BCUT2D eigenvalue weighted by Gasteiger charge is -2.18. The van der Waals surface area contributed by atoms with Crippen molar-refractivity contribution in [1.29, 1.82) is 0 Å². The third-order valence-corrected chi connectivity index (χ3v) is 6.16. The van der Waals surface area contributed by atoms with E-state index in [0.717, 1.165) is 0 Å². The monoisotopic (exact) mass is 457 g/mol. The fourth-order valence-corrected chi connectivity index (χ4v) is 3.98. The number of hydrogen-bond donors (Lipinski definition) is 1. The third-order valence-electron chi connectivity index (χ3n) is 4.74. The van der Waals surface area contributed by atoms with Crippen molar-refractivity contribution in [2.45, 2.75) is 25.3 Å². The number of sulfonamides is 1. The van der Waals surface area contributed by atoms with E-state index >= 15 is 0 Å². The van der Waals surface area contributed by atoms with Crippen LogP contribution in [-0.4, -0.2) is 37.3 Å². The molecule has 0 aliphatic heterocycles. The molecule has 0 saturated heterocycles. The van der Waals surface area contributed by atoms with Crippen LogP contribution < -0.4 is 9.46 Å². The van der Waals surface area contributed by atoms with E-state index in [1.807, 2.05) is 13.8 Å². The molecule has 0 spiro atoms. The number of aromatic nitrogens is 1. The van der Waals surface area contributed by atoms with Gasteiger partial charge in [-0.3, -0.25) is 4.79 Å². The number of rotatable bonds is 9. The van der Waals surface area contributed by atoms with E-state index in [2.05, 4.69) is 9.71 Å². The molecule has 0 aliphatic carbocycles. The molecule has 0 saturated carbocycles. The maximum atomic E-state index is 13.2. The minimum absolute atomic E-state index is 0.0235. The van der Waals surface area contributed by atoms with Gasteiger partial charge in [0.25, 0.3) is 5.91 Å². The number of pyridine rings is 1. The first kappa shape index (κ1) is 23.4. The molecule has 0 atom stereocenters. The van der Waals surface area contributed by atoms with Gasteiger partial charge in [-0.25, -0.2) is 22.5 Å². The Labute approximate surface area is 186 Å². The molecular weight excluding hydrogens is 433 g/mol. The number of carbonyl (C=O) groups excluding carboxylic acids is 1. The largest absolute Gasteiger partial charge is 0.439 e. The van der Waals surface area contributed by atoms with Gasteiger partial charge in [0.1, 0.15) is 11.6 Å². The molecule has 2 aromatic carbocycles. The highest BCUT2D eigenvalue weighted by Gasteiger charge is 2.17. The van der Waals surface area contributed by atoms with E-state index in [1.165, 1.54) is 48.7 Å². The first-order valence-electron chi connectivity index (χ1n) is 10.1. The van der Waals surface area contributed by atoms with Crippen molar-refractivity contribution in [1.82, 2.24) is 14.6 Å². The van der Waals surface area contributed by atoms with Crippen LogP contribution in [0.5, 0.6) is 11.6 Å². The van der Waals surface area contributed by atoms with Crippen molar-refractivity contribution >= 4 is 15.9 Å². The van der Waals surface area contributed by atoms with Gasteiger partial charge in [-0.2, -0.15) is 0 Å². The second kappa shape index (κ2) is 10.3. The number of ether oxygens (including phenoxy) is 1. The van der Waals surface area contributed by atoms with Crippen LogP contribution in [0.3, 0.4) is 0 Å². The molecule has 7 nitrogen and oxygen atoms in total. The van der Waals surface area contributed by atoms with Crippen molar-refractivity contribution in [3.05, 3.63) is 83.8 Å². The highest BCUT2D eigenvalue weighted by atomic mass is 32.2. The Kier molecular flexibility index (Phi) is 7.55. The molecule has 1 aromatic heterocycles. The lowest BCUT2D eigenvalue weighted by molar-refractivity contribution is 0.0773. The summed E-state index contributed by atoms with van der Waals surface area (Å²) in [6, 6.07) is 14.8. The van der Waals surface area contributed by atoms with Crippen molar-refractivity contribution in [3.8, 4) is 11.6 Å². The van der Waals surface area contributed by atoms with Crippen molar-refractivity contribution in [3.63, 3.8) is 0 Å². The summed E-state index contributed by atoms with van der Waals surface area (Å²) in [6.45, 7) is 4.96. The van der Waals surface area contributed by atoms with Crippen LogP contribution in [0.4, 0.5) is 4.39 Å². The molecule has 1 amide bonds. The average Bonchev–Trinajstić information content (AvgIpc) is 2.79. The van der Waals surface area contributed by atoms with E-state index in [9.17, 15) is 17.6 Å². The Morgan fingerprint density at radius 1 is 1.06 bits per heavy atom. The van der Waals surface area contributed by atoms with E-state index in [-0.39, 0.29) is 23.2 Å². The SMILES string of the molecule is CCN(CC)C(=O)c1ccc(S(=O)(=O)NCc2ccc(Oc3cccc(F)c3)nc2)cc1. The van der Waals surface area contributed by atoms with Crippen LogP contribution in [0, 0.1) is 5.82 Å². The van der Waals surface area contributed by atoms with E-state index in [1.54, 1.807) is 23.1 Å². The number of halogens is 1. The minimum atomic E-state index is -3.77. The predicted molar refractivity (Wildman–Crippen MR) is 118 cm³/mol. The smallest absolute Gasteiger partial charge is 0.253 e. The average molecular weight is 458 g/mol. The van der Waals surface area contributed by atoms with Crippen LogP contribution in [0.1, 0.15) is 29.8 Å². The Morgan fingerprint density at radius 3 is 2.38 bits per heavy atom. The van der Waals surface area contributed by atoms with Crippen LogP contribution >= 0.6 is 0 Å². The molecule has 0 fully saturated rings. The van der Waals surface area contributed by atoms with E-state index < -0.39 is 15.8 Å². The summed E-state index contributed by atoms with van der Waals surface area (Å²) < 4.78 is 46.4. The van der Waals surface area contributed by atoms with Gasteiger partial charge in [-0.15, -0.1) is 0 Å². The zero-order chi connectivity index (χ0) is 23.1. The fourth-order valence-electron chi connectivity index (χ4n) is 2.96. The summed E-state index contributed by atoms with van der Waals surface area (Å²) in [7, 11) is -3.77. The van der Waals surface area contributed by atoms with Gasteiger partial charge in [0, 0.05) is 43.5 Å². The summed E-state index contributed by atoms with van der Waals surface area (Å²) >= 11 is 0.